The molecule has 5 heteroatoms. The molecule has 1 aliphatic rings. The van der Waals surface area contributed by atoms with Crippen molar-refractivity contribution in [1.29, 1.82) is 0 Å². The Balaban J connectivity index is 1.67. The fourth-order valence-corrected chi connectivity index (χ4v) is 3.44. The lowest BCUT2D eigenvalue weighted by atomic mass is 10.1. The minimum absolute atomic E-state index is 0.140. The van der Waals surface area contributed by atoms with Gasteiger partial charge in [-0.1, -0.05) is 31.2 Å². The van der Waals surface area contributed by atoms with Crippen LogP contribution in [0.2, 0.25) is 0 Å². The highest BCUT2D eigenvalue weighted by Gasteiger charge is 2.28. The van der Waals surface area contributed by atoms with Gasteiger partial charge in [-0.05, 0) is 36.5 Å². The Hall–Kier alpha value is -2.43. The Labute approximate surface area is 129 Å². The molecule has 0 saturated heterocycles. The average Bonchev–Trinajstić information content (AvgIpc) is 3.28. The second-order valence-corrected chi connectivity index (χ2v) is 5.80. The highest BCUT2D eigenvalue weighted by Crippen LogP contribution is 2.32. The van der Waals surface area contributed by atoms with Crippen LogP contribution in [0.15, 0.2) is 49.1 Å². The largest absolute Gasteiger partial charge is 0.262 e. The predicted molar refractivity (Wildman–Crippen MR) is 83.6 cm³/mol. The summed E-state index contributed by atoms with van der Waals surface area (Å²) in [4.78, 5) is 4.54. The SMILES string of the molecule is CCC(c1ncnn1C1Cc2ccccc2C1)n1cccn1. The summed E-state index contributed by atoms with van der Waals surface area (Å²) in [7, 11) is 0. The van der Waals surface area contributed by atoms with Gasteiger partial charge in [0.1, 0.15) is 12.4 Å². The maximum atomic E-state index is 4.54. The zero-order valence-electron chi connectivity index (χ0n) is 12.6. The standard InChI is InChI=1S/C17H19N5/c1-2-16(21-9-5-8-19-21)17-18-12-20-22(17)15-10-13-6-3-4-7-14(13)11-15/h3-9,12,15-16H,2,10-11H2,1H3. The third-order valence-corrected chi connectivity index (χ3v) is 4.51. The van der Waals surface area contributed by atoms with Crippen LogP contribution in [0.5, 0.6) is 0 Å². The van der Waals surface area contributed by atoms with Gasteiger partial charge in [0.05, 0.1) is 6.04 Å². The Morgan fingerprint density at radius 1 is 1.14 bits per heavy atom. The predicted octanol–water partition coefficient (Wildman–Crippen LogP) is 2.81. The topological polar surface area (TPSA) is 48.5 Å². The molecule has 1 aromatic carbocycles. The van der Waals surface area contributed by atoms with Crippen LogP contribution < -0.4 is 0 Å². The first-order valence-corrected chi connectivity index (χ1v) is 7.82. The minimum atomic E-state index is 0.140. The Bertz CT molecular complexity index is 734. The molecular formula is C17H19N5. The van der Waals surface area contributed by atoms with Crippen molar-refractivity contribution < 1.29 is 0 Å². The van der Waals surface area contributed by atoms with Crippen molar-refractivity contribution in [3.8, 4) is 0 Å². The molecule has 1 aliphatic carbocycles. The van der Waals surface area contributed by atoms with E-state index in [2.05, 4.69) is 51.1 Å². The number of aromatic nitrogens is 5. The highest BCUT2D eigenvalue weighted by molar-refractivity contribution is 5.32. The molecule has 1 unspecified atom stereocenters. The van der Waals surface area contributed by atoms with Crippen molar-refractivity contribution in [3.05, 3.63) is 66.0 Å². The Kier molecular flexibility index (Phi) is 3.25. The molecule has 2 heterocycles. The Morgan fingerprint density at radius 3 is 2.55 bits per heavy atom. The maximum absolute atomic E-state index is 4.54. The summed E-state index contributed by atoms with van der Waals surface area (Å²) in [5, 5.41) is 8.91. The molecule has 5 nitrogen and oxygen atoms in total. The minimum Gasteiger partial charge on any atom is -0.262 e. The summed E-state index contributed by atoms with van der Waals surface area (Å²) in [6.45, 7) is 2.16. The van der Waals surface area contributed by atoms with Crippen molar-refractivity contribution in [1.82, 2.24) is 24.5 Å². The molecule has 0 aliphatic heterocycles. The van der Waals surface area contributed by atoms with Gasteiger partial charge in [0.15, 0.2) is 5.82 Å². The van der Waals surface area contributed by atoms with Gasteiger partial charge >= 0.3 is 0 Å². The number of nitrogens with zero attached hydrogens (tertiary/aromatic N) is 5. The highest BCUT2D eigenvalue weighted by atomic mass is 15.4. The molecule has 3 aromatic rings. The zero-order chi connectivity index (χ0) is 14.9. The molecule has 0 N–H and O–H groups in total. The van der Waals surface area contributed by atoms with Crippen LogP contribution in [0, 0.1) is 0 Å². The van der Waals surface area contributed by atoms with Gasteiger partial charge in [-0.15, -0.1) is 0 Å². The summed E-state index contributed by atoms with van der Waals surface area (Å²) in [5.74, 6) is 1.00. The van der Waals surface area contributed by atoms with Gasteiger partial charge in [-0.2, -0.15) is 10.2 Å². The van der Waals surface area contributed by atoms with Gasteiger partial charge in [-0.3, -0.25) is 4.68 Å². The molecule has 0 radical (unpaired) electrons. The van der Waals surface area contributed by atoms with E-state index >= 15 is 0 Å². The fraction of sp³-hybridized carbons (Fsp3) is 0.353. The molecule has 112 valence electrons. The smallest absolute Gasteiger partial charge is 0.151 e. The third kappa shape index (κ3) is 2.13. The van der Waals surface area contributed by atoms with Crippen molar-refractivity contribution >= 4 is 0 Å². The van der Waals surface area contributed by atoms with Crippen LogP contribution in [0.1, 0.15) is 42.4 Å². The van der Waals surface area contributed by atoms with Gasteiger partial charge in [0, 0.05) is 12.4 Å². The van der Waals surface area contributed by atoms with E-state index in [1.165, 1.54) is 11.1 Å². The summed E-state index contributed by atoms with van der Waals surface area (Å²) in [6.07, 6.45) is 8.49. The van der Waals surface area contributed by atoms with E-state index < -0.39 is 0 Å². The van der Waals surface area contributed by atoms with Crippen LogP contribution in [-0.4, -0.2) is 24.5 Å². The number of benzene rings is 1. The van der Waals surface area contributed by atoms with Crippen molar-refractivity contribution in [3.63, 3.8) is 0 Å². The number of hydrogen-bond acceptors (Lipinski definition) is 3. The lowest BCUT2D eigenvalue weighted by Gasteiger charge is -2.19. The summed E-state index contributed by atoms with van der Waals surface area (Å²) < 4.78 is 4.08. The summed E-state index contributed by atoms with van der Waals surface area (Å²) in [6, 6.07) is 11.1. The quantitative estimate of drug-likeness (QED) is 0.743. The van der Waals surface area contributed by atoms with Crippen LogP contribution in [0.25, 0.3) is 0 Å². The monoisotopic (exact) mass is 293 g/mol. The van der Waals surface area contributed by atoms with Crippen molar-refractivity contribution in [2.24, 2.45) is 0 Å². The van der Waals surface area contributed by atoms with Gasteiger partial charge in [0.25, 0.3) is 0 Å². The van der Waals surface area contributed by atoms with Crippen LogP contribution in [-0.2, 0) is 12.8 Å². The second-order valence-electron chi connectivity index (χ2n) is 5.80. The first-order valence-electron chi connectivity index (χ1n) is 7.82. The molecule has 4 rings (SSSR count). The van der Waals surface area contributed by atoms with E-state index in [4.69, 9.17) is 0 Å². The maximum Gasteiger partial charge on any atom is 0.151 e. The van der Waals surface area contributed by atoms with E-state index in [0.29, 0.717) is 6.04 Å². The van der Waals surface area contributed by atoms with E-state index in [1.807, 2.05) is 23.1 Å². The molecule has 2 aromatic heterocycles. The zero-order valence-corrected chi connectivity index (χ0v) is 12.6. The second kappa shape index (κ2) is 5.40. The lowest BCUT2D eigenvalue weighted by Crippen LogP contribution is -2.21. The van der Waals surface area contributed by atoms with Gasteiger partial charge < -0.3 is 0 Å². The van der Waals surface area contributed by atoms with Crippen LogP contribution in [0.4, 0.5) is 0 Å². The normalized spacial score (nSPS) is 15.9. The summed E-state index contributed by atoms with van der Waals surface area (Å²) >= 11 is 0. The molecule has 22 heavy (non-hydrogen) atoms. The Morgan fingerprint density at radius 2 is 1.91 bits per heavy atom. The molecular weight excluding hydrogens is 274 g/mol. The molecule has 0 saturated carbocycles. The number of hydrogen-bond donors (Lipinski definition) is 0. The molecule has 1 atom stereocenters. The van der Waals surface area contributed by atoms with Crippen molar-refractivity contribution in [2.75, 3.05) is 0 Å². The molecule has 0 bridgehead atoms. The lowest BCUT2D eigenvalue weighted by molar-refractivity contribution is 0.399. The molecule has 0 fully saturated rings. The first kappa shape index (κ1) is 13.2. The van der Waals surface area contributed by atoms with Crippen LogP contribution >= 0.6 is 0 Å². The number of fused-ring (bicyclic) bond motifs is 1. The van der Waals surface area contributed by atoms with E-state index in [-0.39, 0.29) is 6.04 Å². The summed E-state index contributed by atoms with van der Waals surface area (Å²) in [5.41, 5.74) is 2.86. The van der Waals surface area contributed by atoms with E-state index in [0.717, 1.165) is 25.1 Å². The van der Waals surface area contributed by atoms with Gasteiger partial charge in [0.2, 0.25) is 0 Å². The molecule has 0 spiro atoms. The first-order chi connectivity index (χ1) is 10.9. The van der Waals surface area contributed by atoms with Gasteiger partial charge in [-0.25, -0.2) is 9.67 Å². The van der Waals surface area contributed by atoms with Crippen LogP contribution in [0.3, 0.4) is 0 Å². The number of rotatable bonds is 4. The third-order valence-electron chi connectivity index (χ3n) is 4.51. The average molecular weight is 293 g/mol. The van der Waals surface area contributed by atoms with E-state index in [1.54, 1.807) is 6.33 Å². The van der Waals surface area contributed by atoms with E-state index in [9.17, 15) is 0 Å². The molecule has 0 amide bonds. The fourth-order valence-electron chi connectivity index (χ4n) is 3.44. The van der Waals surface area contributed by atoms with Crippen molar-refractivity contribution in [2.45, 2.75) is 38.3 Å².